The number of halogens is 5. The SMILES string of the molecule is Oc1cc2ccccc2cc1-c1cccc(-c2[c-]c(-c3nncc4ccccc34)cc(-c3c(F)c(F)c(F)c(F)c3F)c2)n1.[Pt]. The van der Waals surface area contributed by atoms with E-state index in [4.69, 9.17) is 0 Å². The summed E-state index contributed by atoms with van der Waals surface area (Å²) in [5, 5.41) is 22.1. The van der Waals surface area contributed by atoms with Gasteiger partial charge in [0.15, 0.2) is 23.3 Å². The van der Waals surface area contributed by atoms with E-state index in [1.807, 2.05) is 24.3 Å². The molecule has 4 nitrogen and oxygen atoms in total. The van der Waals surface area contributed by atoms with Crippen LogP contribution in [0.5, 0.6) is 5.75 Å². The number of phenols is 1. The minimum atomic E-state index is -2.25. The minimum Gasteiger partial charge on any atom is -0.507 e. The van der Waals surface area contributed by atoms with Gasteiger partial charge >= 0.3 is 0 Å². The van der Waals surface area contributed by atoms with Crippen LogP contribution in [0.1, 0.15) is 0 Å². The predicted octanol–water partition coefficient (Wildman–Crippen LogP) is 9.04. The van der Waals surface area contributed by atoms with E-state index in [0.717, 1.165) is 10.8 Å². The molecule has 5 aromatic carbocycles. The Kier molecular flexibility index (Phi) is 7.89. The molecule has 0 saturated carbocycles. The van der Waals surface area contributed by atoms with Crippen LogP contribution in [0, 0.1) is 35.2 Å². The van der Waals surface area contributed by atoms with E-state index < -0.39 is 34.6 Å². The maximum Gasteiger partial charge on any atom is 0.200 e. The standard InChI is InChI=1S/C35H17F5N3O.Pt/c36-30-29(31(37)33(39)34(40)32(30)38)22-12-21(13-23(14-22)35-24-9-4-3-8-20(24)17-41-43-35)26-10-5-11-27(42-26)25-15-18-6-1-2-7-19(18)16-28(25)44;/h1-12,14-17,44H;/q-1;. The fraction of sp³-hybridized carbons (Fsp3) is 0. The molecule has 0 aliphatic carbocycles. The molecule has 1 N–H and O–H groups in total. The molecule has 0 radical (unpaired) electrons. The van der Waals surface area contributed by atoms with Crippen LogP contribution in [0.2, 0.25) is 0 Å². The van der Waals surface area contributed by atoms with Crippen LogP contribution in [-0.4, -0.2) is 20.3 Å². The van der Waals surface area contributed by atoms with E-state index in [-0.39, 0.29) is 54.9 Å². The van der Waals surface area contributed by atoms with E-state index >= 15 is 8.78 Å². The normalized spacial score (nSPS) is 11.1. The van der Waals surface area contributed by atoms with Gasteiger partial charge in [-0.05, 0) is 39.7 Å². The number of benzene rings is 5. The first-order valence-electron chi connectivity index (χ1n) is 13.3. The summed E-state index contributed by atoms with van der Waals surface area (Å²) in [5.41, 5.74) is 0.304. The van der Waals surface area contributed by atoms with E-state index in [1.54, 1.807) is 54.6 Å². The molecule has 0 aliphatic heterocycles. The van der Waals surface area contributed by atoms with Crippen LogP contribution in [0.3, 0.4) is 0 Å². The van der Waals surface area contributed by atoms with Crippen LogP contribution >= 0.6 is 0 Å². The molecule has 0 fully saturated rings. The van der Waals surface area contributed by atoms with Crippen molar-refractivity contribution < 1.29 is 48.1 Å². The molecule has 0 saturated heterocycles. The van der Waals surface area contributed by atoms with Crippen molar-refractivity contribution in [1.29, 1.82) is 0 Å². The topological polar surface area (TPSA) is 58.9 Å². The van der Waals surface area contributed by atoms with Gasteiger partial charge in [0.2, 0.25) is 5.82 Å². The number of hydrogen-bond donors (Lipinski definition) is 1. The van der Waals surface area contributed by atoms with Gasteiger partial charge in [0, 0.05) is 43.6 Å². The largest absolute Gasteiger partial charge is 0.507 e. The van der Waals surface area contributed by atoms with E-state index in [9.17, 15) is 18.3 Å². The zero-order valence-corrected chi connectivity index (χ0v) is 25.0. The summed E-state index contributed by atoms with van der Waals surface area (Å²) >= 11 is 0. The Bertz CT molecular complexity index is 2240. The average Bonchev–Trinajstić information content (AvgIpc) is 3.06. The second-order valence-electron chi connectivity index (χ2n) is 10.0. The zero-order valence-electron chi connectivity index (χ0n) is 22.7. The molecule has 0 aliphatic rings. The van der Waals surface area contributed by atoms with Crippen molar-refractivity contribution in [3.8, 4) is 50.6 Å². The Hall–Kier alpha value is -5.01. The molecule has 0 atom stereocenters. The second-order valence-corrected chi connectivity index (χ2v) is 10.0. The van der Waals surface area contributed by atoms with Crippen molar-refractivity contribution >= 4 is 21.5 Å². The van der Waals surface area contributed by atoms with Gasteiger partial charge in [0.05, 0.1) is 11.9 Å². The van der Waals surface area contributed by atoms with Gasteiger partial charge < -0.3 is 5.11 Å². The number of aromatic nitrogens is 3. The van der Waals surface area contributed by atoms with Crippen LogP contribution < -0.4 is 0 Å². The Balaban J connectivity index is 0.00000357. The first-order chi connectivity index (χ1) is 21.3. The molecule has 7 aromatic rings. The summed E-state index contributed by atoms with van der Waals surface area (Å²) in [4.78, 5) is 4.68. The van der Waals surface area contributed by atoms with Gasteiger partial charge in [-0.15, -0.1) is 18.2 Å². The third-order valence-corrected chi connectivity index (χ3v) is 7.36. The Morgan fingerprint density at radius 2 is 1.20 bits per heavy atom. The Labute approximate surface area is 267 Å². The van der Waals surface area contributed by atoms with Crippen LogP contribution in [0.15, 0.2) is 97.2 Å². The third kappa shape index (κ3) is 5.23. The van der Waals surface area contributed by atoms with Crippen molar-refractivity contribution in [1.82, 2.24) is 15.2 Å². The summed E-state index contributed by atoms with van der Waals surface area (Å²) in [7, 11) is 0. The number of nitrogens with zero attached hydrogens (tertiary/aromatic N) is 3. The fourth-order valence-electron chi connectivity index (χ4n) is 5.23. The molecule has 2 heterocycles. The summed E-state index contributed by atoms with van der Waals surface area (Å²) < 4.78 is 72.7. The van der Waals surface area contributed by atoms with Crippen molar-refractivity contribution in [2.45, 2.75) is 0 Å². The predicted molar refractivity (Wildman–Crippen MR) is 157 cm³/mol. The van der Waals surface area contributed by atoms with Crippen molar-refractivity contribution in [3.05, 3.63) is 132 Å². The quantitative estimate of drug-likeness (QED) is 0.0838. The Morgan fingerprint density at radius 1 is 0.600 bits per heavy atom. The molecule has 7 rings (SSSR count). The first kappa shape index (κ1) is 30.0. The van der Waals surface area contributed by atoms with Gasteiger partial charge in [0.1, 0.15) is 5.75 Å². The smallest absolute Gasteiger partial charge is 0.200 e. The first-order valence-corrected chi connectivity index (χ1v) is 13.3. The molecule has 45 heavy (non-hydrogen) atoms. The zero-order chi connectivity index (χ0) is 30.5. The van der Waals surface area contributed by atoms with Crippen molar-refractivity contribution in [2.75, 3.05) is 0 Å². The molecule has 0 amide bonds. The molecule has 10 heteroatoms. The molecule has 224 valence electrons. The van der Waals surface area contributed by atoms with Gasteiger partial charge in [0.25, 0.3) is 0 Å². The van der Waals surface area contributed by atoms with Gasteiger partial charge in [-0.3, -0.25) is 4.98 Å². The second kappa shape index (κ2) is 11.8. The van der Waals surface area contributed by atoms with Crippen molar-refractivity contribution in [3.63, 3.8) is 0 Å². The summed E-state index contributed by atoms with van der Waals surface area (Å²) in [5.74, 6) is -10.3. The number of rotatable bonds is 4. The third-order valence-electron chi connectivity index (χ3n) is 7.36. The fourth-order valence-corrected chi connectivity index (χ4v) is 5.23. The van der Waals surface area contributed by atoms with E-state index in [0.29, 0.717) is 22.0 Å². The molecule has 0 unspecified atom stereocenters. The molecular weight excluding hydrogens is 768 g/mol. The monoisotopic (exact) mass is 785 g/mol. The molecular formula is C35H17F5N3OPt-. The van der Waals surface area contributed by atoms with Gasteiger partial charge in [-0.2, -0.15) is 10.2 Å². The maximum atomic E-state index is 15.1. The van der Waals surface area contributed by atoms with Crippen LogP contribution in [0.25, 0.3) is 66.4 Å². The van der Waals surface area contributed by atoms with Gasteiger partial charge in [-0.1, -0.05) is 77.4 Å². The number of phenolic OH excluding ortho intramolecular Hbond substituents is 1. The van der Waals surface area contributed by atoms with Crippen LogP contribution in [-0.2, 0) is 21.1 Å². The summed E-state index contributed by atoms with van der Waals surface area (Å²) in [6.07, 6.45) is 1.54. The summed E-state index contributed by atoms with van der Waals surface area (Å²) in [6, 6.07) is 28.6. The molecule has 0 bridgehead atoms. The number of hydrogen-bond acceptors (Lipinski definition) is 4. The molecule has 0 spiro atoms. The van der Waals surface area contributed by atoms with E-state index in [1.165, 1.54) is 18.3 Å². The average molecular weight is 786 g/mol. The number of fused-ring (bicyclic) bond motifs is 2. The number of pyridine rings is 1. The number of aromatic hydroxyl groups is 1. The maximum absolute atomic E-state index is 15.1. The molecule has 2 aromatic heterocycles. The minimum absolute atomic E-state index is 0. The van der Waals surface area contributed by atoms with Gasteiger partial charge in [-0.25, -0.2) is 22.0 Å². The summed E-state index contributed by atoms with van der Waals surface area (Å²) in [6.45, 7) is 0. The van der Waals surface area contributed by atoms with Crippen molar-refractivity contribution in [2.24, 2.45) is 0 Å². The Morgan fingerprint density at radius 3 is 1.93 bits per heavy atom. The van der Waals surface area contributed by atoms with E-state index in [2.05, 4.69) is 21.2 Å². The van der Waals surface area contributed by atoms with Crippen LogP contribution in [0.4, 0.5) is 22.0 Å².